The van der Waals surface area contributed by atoms with Crippen molar-refractivity contribution in [2.75, 3.05) is 19.7 Å². The van der Waals surface area contributed by atoms with Crippen molar-refractivity contribution in [3.8, 4) is 0 Å². The molecule has 1 saturated heterocycles. The number of ether oxygens (including phenoxy) is 1. The van der Waals surface area contributed by atoms with E-state index in [0.29, 0.717) is 0 Å². The smallest absolute Gasteiger partial charge is 0.248 e. The fourth-order valence-electron chi connectivity index (χ4n) is 2.01. The third-order valence-electron chi connectivity index (χ3n) is 2.88. The monoisotopic (exact) mass is 227 g/mol. The van der Waals surface area contributed by atoms with E-state index in [-0.39, 0.29) is 23.5 Å². The lowest BCUT2D eigenvalue weighted by atomic mass is 9.84. The molecule has 1 aliphatic heterocycles. The van der Waals surface area contributed by atoms with Gasteiger partial charge in [0.2, 0.25) is 5.91 Å². The summed E-state index contributed by atoms with van der Waals surface area (Å²) in [5.41, 5.74) is 0.0244. The number of hydrogen-bond donors (Lipinski definition) is 0. The van der Waals surface area contributed by atoms with Crippen LogP contribution in [0.2, 0.25) is 0 Å². The normalized spacial score (nSPS) is 20.9. The molecule has 0 aromatic heterocycles. The van der Waals surface area contributed by atoms with Gasteiger partial charge in [0.05, 0.1) is 5.60 Å². The Morgan fingerprint density at radius 2 is 2.00 bits per heavy atom. The Morgan fingerprint density at radius 1 is 1.38 bits per heavy atom. The first kappa shape index (κ1) is 13.5. The molecule has 0 spiro atoms. The summed E-state index contributed by atoms with van der Waals surface area (Å²) in [6.45, 7) is 12.3. The van der Waals surface area contributed by atoms with Gasteiger partial charge in [-0.1, -0.05) is 13.8 Å². The van der Waals surface area contributed by atoms with E-state index < -0.39 is 0 Å². The molecule has 0 bridgehead atoms. The van der Waals surface area contributed by atoms with Crippen molar-refractivity contribution in [3.63, 3.8) is 0 Å². The maximum absolute atomic E-state index is 11.9. The zero-order valence-corrected chi connectivity index (χ0v) is 11.3. The number of amides is 1. The van der Waals surface area contributed by atoms with Gasteiger partial charge in [-0.15, -0.1) is 0 Å². The van der Waals surface area contributed by atoms with E-state index in [4.69, 9.17) is 4.74 Å². The van der Waals surface area contributed by atoms with Gasteiger partial charge in [0, 0.05) is 13.1 Å². The van der Waals surface area contributed by atoms with Crippen LogP contribution >= 0.6 is 0 Å². The van der Waals surface area contributed by atoms with Crippen LogP contribution < -0.4 is 0 Å². The summed E-state index contributed by atoms with van der Waals surface area (Å²) in [7, 11) is 0. The predicted octanol–water partition coefficient (Wildman–Crippen LogP) is 2.45. The lowest BCUT2D eigenvalue weighted by Gasteiger charge is -2.38. The molecule has 1 heterocycles. The lowest BCUT2D eigenvalue weighted by Crippen LogP contribution is -2.45. The molecule has 94 valence electrons. The second-order valence-corrected chi connectivity index (χ2v) is 6.48. The molecular weight excluding hydrogens is 202 g/mol. The maximum atomic E-state index is 11.9. The Balaban J connectivity index is 2.42. The first-order valence-electron chi connectivity index (χ1n) is 6.11. The predicted molar refractivity (Wildman–Crippen MR) is 65.3 cm³/mol. The second-order valence-electron chi connectivity index (χ2n) is 6.48. The number of likely N-dealkylation sites (tertiary alicyclic amines) is 1. The third kappa shape index (κ3) is 4.52. The summed E-state index contributed by atoms with van der Waals surface area (Å²) >= 11 is 0. The summed E-state index contributed by atoms with van der Waals surface area (Å²) in [4.78, 5) is 13.9. The Kier molecular flexibility index (Phi) is 4.00. The van der Waals surface area contributed by atoms with Crippen LogP contribution in [0.1, 0.15) is 47.5 Å². The highest BCUT2D eigenvalue weighted by molar-refractivity contribution is 5.77. The van der Waals surface area contributed by atoms with Crippen molar-refractivity contribution in [2.24, 2.45) is 5.41 Å². The number of nitrogens with zero attached hydrogens (tertiary/aromatic N) is 1. The van der Waals surface area contributed by atoms with Crippen molar-refractivity contribution in [3.05, 3.63) is 0 Å². The third-order valence-corrected chi connectivity index (χ3v) is 2.88. The minimum Gasteiger partial charge on any atom is -0.366 e. The van der Waals surface area contributed by atoms with Crippen LogP contribution in [0.25, 0.3) is 0 Å². The Hall–Kier alpha value is -0.570. The number of hydrogen-bond acceptors (Lipinski definition) is 2. The molecule has 0 radical (unpaired) electrons. The van der Waals surface area contributed by atoms with E-state index >= 15 is 0 Å². The zero-order chi connectivity index (χ0) is 12.4. The number of carbonyl (C=O) groups is 1. The van der Waals surface area contributed by atoms with Gasteiger partial charge in [-0.2, -0.15) is 0 Å². The van der Waals surface area contributed by atoms with Gasteiger partial charge in [0.25, 0.3) is 0 Å². The van der Waals surface area contributed by atoms with Crippen LogP contribution in [0.4, 0.5) is 0 Å². The molecule has 0 aromatic rings. The molecule has 3 nitrogen and oxygen atoms in total. The Morgan fingerprint density at radius 3 is 2.50 bits per heavy atom. The van der Waals surface area contributed by atoms with E-state index in [2.05, 4.69) is 13.8 Å². The molecule has 0 unspecified atom stereocenters. The van der Waals surface area contributed by atoms with Gasteiger partial charge >= 0.3 is 0 Å². The highest BCUT2D eigenvalue weighted by Crippen LogP contribution is 2.28. The highest BCUT2D eigenvalue weighted by atomic mass is 16.5. The summed E-state index contributed by atoms with van der Waals surface area (Å²) in [5.74, 6) is 0.128. The lowest BCUT2D eigenvalue weighted by molar-refractivity contribution is -0.144. The summed E-state index contributed by atoms with van der Waals surface area (Å²) in [6.07, 6.45) is 2.31. The molecule has 1 fully saturated rings. The van der Waals surface area contributed by atoms with Crippen LogP contribution in [0, 0.1) is 5.41 Å². The van der Waals surface area contributed by atoms with E-state index in [0.717, 1.165) is 19.5 Å². The van der Waals surface area contributed by atoms with Gasteiger partial charge in [-0.3, -0.25) is 4.79 Å². The Labute approximate surface area is 99.1 Å². The number of piperidine rings is 1. The topological polar surface area (TPSA) is 29.5 Å². The molecule has 3 heteroatoms. The number of carbonyl (C=O) groups excluding carboxylic acids is 1. The average molecular weight is 227 g/mol. The van der Waals surface area contributed by atoms with Crippen molar-refractivity contribution < 1.29 is 9.53 Å². The van der Waals surface area contributed by atoms with E-state index in [9.17, 15) is 4.79 Å². The minimum absolute atomic E-state index is 0.128. The van der Waals surface area contributed by atoms with Gasteiger partial charge in [-0.25, -0.2) is 0 Å². The summed E-state index contributed by atoms with van der Waals surface area (Å²) < 4.78 is 5.52. The Bertz CT molecular complexity index is 253. The molecule has 0 saturated carbocycles. The van der Waals surface area contributed by atoms with Crippen molar-refractivity contribution in [2.45, 2.75) is 53.1 Å². The molecule has 16 heavy (non-hydrogen) atoms. The largest absolute Gasteiger partial charge is 0.366 e. The van der Waals surface area contributed by atoms with Crippen LogP contribution in [0.15, 0.2) is 0 Å². The molecule has 0 N–H and O–H groups in total. The minimum atomic E-state index is -0.235. The molecular formula is C13H25NO2. The van der Waals surface area contributed by atoms with Crippen LogP contribution in [-0.2, 0) is 9.53 Å². The van der Waals surface area contributed by atoms with E-state index in [1.165, 1.54) is 6.42 Å². The van der Waals surface area contributed by atoms with Crippen molar-refractivity contribution in [1.29, 1.82) is 0 Å². The molecule has 0 aliphatic carbocycles. The standard InChI is InChI=1S/C13H25NO2/c1-12(2,3)16-9-11(15)14-8-6-7-13(4,5)10-14/h6-10H2,1-5H3. The van der Waals surface area contributed by atoms with Gasteiger partial charge in [-0.05, 0) is 39.0 Å². The average Bonchev–Trinajstić information content (AvgIpc) is 2.11. The molecule has 1 rings (SSSR count). The second kappa shape index (κ2) is 4.74. The molecule has 0 atom stereocenters. The van der Waals surface area contributed by atoms with Crippen LogP contribution in [0.3, 0.4) is 0 Å². The summed E-state index contributed by atoms with van der Waals surface area (Å²) in [5, 5.41) is 0. The quantitative estimate of drug-likeness (QED) is 0.725. The SMILES string of the molecule is CC1(C)CCCN(C(=O)COC(C)(C)C)C1. The first-order chi connectivity index (χ1) is 7.20. The zero-order valence-electron chi connectivity index (χ0n) is 11.3. The fourth-order valence-corrected chi connectivity index (χ4v) is 2.01. The van der Waals surface area contributed by atoms with Crippen molar-refractivity contribution in [1.82, 2.24) is 4.90 Å². The van der Waals surface area contributed by atoms with Crippen molar-refractivity contribution >= 4 is 5.91 Å². The van der Waals surface area contributed by atoms with Gasteiger partial charge < -0.3 is 9.64 Å². The maximum Gasteiger partial charge on any atom is 0.248 e. The van der Waals surface area contributed by atoms with Crippen LogP contribution in [-0.4, -0.2) is 36.1 Å². The first-order valence-corrected chi connectivity index (χ1v) is 6.11. The number of rotatable bonds is 2. The highest BCUT2D eigenvalue weighted by Gasteiger charge is 2.29. The summed E-state index contributed by atoms with van der Waals surface area (Å²) in [6, 6.07) is 0. The van der Waals surface area contributed by atoms with Gasteiger partial charge in [0.15, 0.2) is 0 Å². The van der Waals surface area contributed by atoms with Gasteiger partial charge in [0.1, 0.15) is 6.61 Å². The van der Waals surface area contributed by atoms with Crippen LogP contribution in [0.5, 0.6) is 0 Å². The molecule has 1 amide bonds. The van der Waals surface area contributed by atoms with E-state index in [1.807, 2.05) is 25.7 Å². The van der Waals surface area contributed by atoms with E-state index in [1.54, 1.807) is 0 Å². The fraction of sp³-hybridized carbons (Fsp3) is 0.923. The molecule has 0 aromatic carbocycles. The molecule has 1 aliphatic rings.